The molecule has 1 aliphatic heterocycles. The van der Waals surface area contributed by atoms with Gasteiger partial charge in [0.25, 0.3) is 0 Å². The summed E-state index contributed by atoms with van der Waals surface area (Å²) in [4.78, 5) is 23.2. The van der Waals surface area contributed by atoms with Gasteiger partial charge in [-0.25, -0.2) is 0 Å². The van der Waals surface area contributed by atoms with Gasteiger partial charge in [-0.2, -0.15) is 0 Å². The maximum Gasteiger partial charge on any atom is 0.310 e. The highest BCUT2D eigenvalue weighted by atomic mass is 16.5. The molecule has 0 unspecified atom stereocenters. The highest BCUT2D eigenvalue weighted by molar-refractivity contribution is 5.85. The van der Waals surface area contributed by atoms with E-state index in [4.69, 9.17) is 4.74 Å². The summed E-state index contributed by atoms with van der Waals surface area (Å²) in [5, 5.41) is 12.1. The number of ether oxygens (including phenoxy) is 1. The fraction of sp³-hybridized carbons (Fsp3) is 0.846. The van der Waals surface area contributed by atoms with Gasteiger partial charge in [-0.05, 0) is 12.8 Å². The summed E-state index contributed by atoms with van der Waals surface area (Å²) >= 11 is 0. The summed E-state index contributed by atoms with van der Waals surface area (Å²) in [6.45, 7) is 3.95. The van der Waals surface area contributed by atoms with Gasteiger partial charge in [0.15, 0.2) is 0 Å². The predicted molar refractivity (Wildman–Crippen MR) is 65.1 cm³/mol. The predicted octanol–water partition coefficient (Wildman–Crippen LogP) is 1.17. The van der Waals surface area contributed by atoms with E-state index < -0.39 is 11.4 Å². The van der Waals surface area contributed by atoms with Crippen LogP contribution in [0.25, 0.3) is 0 Å². The van der Waals surface area contributed by atoms with Crippen LogP contribution in [0, 0.1) is 10.8 Å². The second-order valence-electron chi connectivity index (χ2n) is 6.05. The maximum atomic E-state index is 11.9. The Morgan fingerprint density at radius 3 is 2.33 bits per heavy atom. The molecule has 1 saturated carbocycles. The van der Waals surface area contributed by atoms with Gasteiger partial charge in [-0.1, -0.05) is 19.8 Å². The zero-order chi connectivity index (χ0) is 13.2. The fourth-order valence-corrected chi connectivity index (χ4v) is 2.75. The molecule has 1 amide bonds. The molecule has 5 nitrogen and oxygen atoms in total. The van der Waals surface area contributed by atoms with Crippen molar-refractivity contribution in [2.75, 3.05) is 19.8 Å². The molecule has 18 heavy (non-hydrogen) atoms. The third-order valence-corrected chi connectivity index (χ3v) is 4.13. The van der Waals surface area contributed by atoms with Gasteiger partial charge in [-0.3, -0.25) is 9.59 Å². The number of nitrogens with one attached hydrogen (secondary N) is 1. The number of hydrogen-bond donors (Lipinski definition) is 2. The molecule has 0 aromatic heterocycles. The van der Waals surface area contributed by atoms with Crippen LogP contribution < -0.4 is 5.32 Å². The highest BCUT2D eigenvalue weighted by Gasteiger charge is 2.43. The second-order valence-corrected chi connectivity index (χ2v) is 6.05. The average Bonchev–Trinajstić information content (AvgIpc) is 2.73. The number of rotatable bonds is 5. The van der Waals surface area contributed by atoms with Gasteiger partial charge in [0, 0.05) is 18.4 Å². The Morgan fingerprint density at radius 2 is 1.89 bits per heavy atom. The topological polar surface area (TPSA) is 75.6 Å². The Kier molecular flexibility index (Phi) is 3.61. The first-order valence-corrected chi connectivity index (χ1v) is 6.54. The minimum absolute atomic E-state index is 0.0295. The van der Waals surface area contributed by atoms with Crippen LogP contribution in [0.1, 0.15) is 39.0 Å². The number of hydrogen-bond acceptors (Lipinski definition) is 3. The van der Waals surface area contributed by atoms with Crippen LogP contribution in [0.3, 0.4) is 0 Å². The van der Waals surface area contributed by atoms with Crippen molar-refractivity contribution >= 4 is 11.9 Å². The number of carboxylic acid groups (broad SMARTS) is 1. The van der Waals surface area contributed by atoms with Crippen molar-refractivity contribution in [1.82, 2.24) is 5.32 Å². The zero-order valence-electron chi connectivity index (χ0n) is 10.8. The molecule has 1 heterocycles. The van der Waals surface area contributed by atoms with Crippen molar-refractivity contribution < 1.29 is 19.4 Å². The van der Waals surface area contributed by atoms with Crippen molar-refractivity contribution in [1.29, 1.82) is 0 Å². The summed E-state index contributed by atoms with van der Waals surface area (Å²) in [5.74, 6) is -0.972. The first kappa shape index (κ1) is 13.3. The minimum atomic E-state index is -0.826. The molecule has 102 valence electrons. The Bertz CT molecular complexity index is 343. The number of aliphatic carboxylic acids is 1. The minimum Gasteiger partial charge on any atom is -0.481 e. The van der Waals surface area contributed by atoms with Crippen molar-refractivity contribution in [3.05, 3.63) is 0 Å². The van der Waals surface area contributed by atoms with Crippen LogP contribution in [0.5, 0.6) is 0 Å². The average molecular weight is 255 g/mol. The van der Waals surface area contributed by atoms with Crippen molar-refractivity contribution in [3.8, 4) is 0 Å². The molecule has 1 aliphatic carbocycles. The van der Waals surface area contributed by atoms with Gasteiger partial charge in [0.2, 0.25) is 5.91 Å². The molecule has 2 aliphatic rings. The Labute approximate surface area is 107 Å². The molecule has 1 saturated heterocycles. The summed E-state index contributed by atoms with van der Waals surface area (Å²) in [6.07, 6.45) is 3.17. The van der Waals surface area contributed by atoms with Gasteiger partial charge in [0.05, 0.1) is 18.6 Å². The summed E-state index contributed by atoms with van der Waals surface area (Å²) in [6, 6.07) is 0. The van der Waals surface area contributed by atoms with Gasteiger partial charge < -0.3 is 15.2 Å². The van der Waals surface area contributed by atoms with E-state index in [1.807, 2.05) is 0 Å². The lowest BCUT2D eigenvalue weighted by Gasteiger charge is -2.38. The molecule has 0 aromatic rings. The number of amides is 1. The molecule has 2 rings (SSSR count). The van der Waals surface area contributed by atoms with Crippen molar-refractivity contribution in [2.24, 2.45) is 10.8 Å². The lowest BCUT2D eigenvalue weighted by molar-refractivity contribution is -0.152. The van der Waals surface area contributed by atoms with Gasteiger partial charge in [0.1, 0.15) is 0 Å². The maximum absolute atomic E-state index is 11.9. The normalized spacial score (nSPS) is 24.3. The third kappa shape index (κ3) is 2.66. The number of carboxylic acids is 1. The Morgan fingerprint density at radius 1 is 1.28 bits per heavy atom. The van der Waals surface area contributed by atoms with E-state index >= 15 is 0 Å². The Balaban J connectivity index is 1.84. The monoisotopic (exact) mass is 255 g/mol. The van der Waals surface area contributed by atoms with Crippen LogP contribution in [-0.4, -0.2) is 36.7 Å². The smallest absolute Gasteiger partial charge is 0.310 e. The van der Waals surface area contributed by atoms with Crippen LogP contribution in [0.4, 0.5) is 0 Å². The SMILES string of the molecule is CC1(CNC(=O)CC2(C(=O)O)CCCC2)COC1. The van der Waals surface area contributed by atoms with Crippen molar-refractivity contribution in [2.45, 2.75) is 39.0 Å². The zero-order valence-corrected chi connectivity index (χ0v) is 10.8. The molecule has 0 spiro atoms. The van der Waals surface area contributed by atoms with Crippen molar-refractivity contribution in [3.63, 3.8) is 0 Å². The lowest BCUT2D eigenvalue weighted by Crippen LogP contribution is -2.49. The highest BCUT2D eigenvalue weighted by Crippen LogP contribution is 2.41. The Hall–Kier alpha value is -1.10. The van der Waals surface area contributed by atoms with E-state index in [1.165, 1.54) is 0 Å². The van der Waals surface area contributed by atoms with Crippen LogP contribution >= 0.6 is 0 Å². The summed E-state index contributed by atoms with van der Waals surface area (Å²) in [5.41, 5.74) is -0.789. The lowest BCUT2D eigenvalue weighted by atomic mass is 9.82. The number of carbonyl (C=O) groups is 2. The van der Waals surface area contributed by atoms with Gasteiger partial charge in [-0.15, -0.1) is 0 Å². The van der Waals surface area contributed by atoms with E-state index in [1.54, 1.807) is 0 Å². The van der Waals surface area contributed by atoms with E-state index in [2.05, 4.69) is 12.2 Å². The molecule has 0 radical (unpaired) electrons. The first-order valence-electron chi connectivity index (χ1n) is 6.54. The molecular weight excluding hydrogens is 234 g/mol. The van der Waals surface area contributed by atoms with Crippen LogP contribution in [0.2, 0.25) is 0 Å². The van der Waals surface area contributed by atoms with Crippen LogP contribution in [-0.2, 0) is 14.3 Å². The molecular formula is C13H21NO4. The molecule has 2 fully saturated rings. The van der Waals surface area contributed by atoms with E-state index in [0.29, 0.717) is 32.6 Å². The first-order chi connectivity index (χ1) is 8.46. The standard InChI is InChI=1S/C13H21NO4/c1-12(8-18-9-12)7-14-10(15)6-13(11(16)17)4-2-3-5-13/h2-9H2,1H3,(H,14,15)(H,16,17). The molecule has 0 bridgehead atoms. The van der Waals surface area contributed by atoms with E-state index in [0.717, 1.165) is 12.8 Å². The van der Waals surface area contributed by atoms with Gasteiger partial charge >= 0.3 is 5.97 Å². The quantitative estimate of drug-likeness (QED) is 0.773. The van der Waals surface area contributed by atoms with Crippen LogP contribution in [0.15, 0.2) is 0 Å². The second kappa shape index (κ2) is 4.88. The molecule has 0 atom stereocenters. The molecule has 2 N–H and O–H groups in total. The molecule has 5 heteroatoms. The number of carbonyl (C=O) groups excluding carboxylic acids is 1. The summed E-state index contributed by atoms with van der Waals surface area (Å²) < 4.78 is 5.12. The fourth-order valence-electron chi connectivity index (χ4n) is 2.75. The largest absolute Gasteiger partial charge is 0.481 e. The molecule has 0 aromatic carbocycles. The third-order valence-electron chi connectivity index (χ3n) is 4.13. The summed E-state index contributed by atoms with van der Waals surface area (Å²) in [7, 11) is 0. The van der Waals surface area contributed by atoms with E-state index in [9.17, 15) is 14.7 Å². The van der Waals surface area contributed by atoms with E-state index in [-0.39, 0.29) is 17.7 Å².